The zero-order chi connectivity index (χ0) is 14.7. The summed E-state index contributed by atoms with van der Waals surface area (Å²) >= 11 is 0. The standard InChI is InChI=1S/C19H18FN/c1-14-12-18(20)8-6-15(14)10-11-21-19-9-7-16-4-2-3-5-17(16)13-19/h2-9,12-13,21H,10-11H2,1H3. The number of nitrogens with one attached hydrogen (secondary N) is 1. The molecule has 0 atom stereocenters. The van der Waals surface area contributed by atoms with Crippen molar-refractivity contribution in [2.45, 2.75) is 13.3 Å². The van der Waals surface area contributed by atoms with Gasteiger partial charge in [0.2, 0.25) is 0 Å². The third-order valence-electron chi connectivity index (χ3n) is 3.78. The van der Waals surface area contributed by atoms with E-state index in [1.807, 2.05) is 25.1 Å². The predicted molar refractivity (Wildman–Crippen MR) is 87.3 cm³/mol. The van der Waals surface area contributed by atoms with E-state index in [2.05, 4.69) is 35.6 Å². The molecule has 0 fully saturated rings. The van der Waals surface area contributed by atoms with Crippen LogP contribution in [-0.2, 0) is 6.42 Å². The predicted octanol–water partition coefficient (Wildman–Crippen LogP) is 4.94. The molecule has 0 aliphatic rings. The second-order valence-corrected chi connectivity index (χ2v) is 5.31. The van der Waals surface area contributed by atoms with Crippen LogP contribution >= 0.6 is 0 Å². The Labute approximate surface area is 124 Å². The van der Waals surface area contributed by atoms with Gasteiger partial charge in [0.1, 0.15) is 5.82 Å². The van der Waals surface area contributed by atoms with E-state index in [1.54, 1.807) is 6.07 Å². The Morgan fingerprint density at radius 3 is 2.52 bits per heavy atom. The maximum absolute atomic E-state index is 13.1. The lowest BCUT2D eigenvalue weighted by atomic mass is 10.1. The first-order chi connectivity index (χ1) is 10.2. The number of halogens is 1. The van der Waals surface area contributed by atoms with Crippen LogP contribution in [0.4, 0.5) is 10.1 Å². The first-order valence-corrected chi connectivity index (χ1v) is 7.20. The molecule has 1 N–H and O–H groups in total. The summed E-state index contributed by atoms with van der Waals surface area (Å²) in [5.74, 6) is -0.168. The van der Waals surface area contributed by atoms with Gasteiger partial charge in [-0.05, 0) is 59.5 Å². The highest BCUT2D eigenvalue weighted by atomic mass is 19.1. The van der Waals surface area contributed by atoms with Gasteiger partial charge in [0.25, 0.3) is 0 Å². The molecular weight excluding hydrogens is 261 g/mol. The fourth-order valence-corrected chi connectivity index (χ4v) is 2.58. The van der Waals surface area contributed by atoms with Crippen LogP contribution in [0.15, 0.2) is 60.7 Å². The van der Waals surface area contributed by atoms with Crippen molar-refractivity contribution in [3.8, 4) is 0 Å². The molecule has 0 spiro atoms. The fraction of sp³-hybridized carbons (Fsp3) is 0.158. The van der Waals surface area contributed by atoms with Gasteiger partial charge in [0.05, 0.1) is 0 Å². The van der Waals surface area contributed by atoms with E-state index >= 15 is 0 Å². The van der Waals surface area contributed by atoms with E-state index in [4.69, 9.17) is 0 Å². The lowest BCUT2D eigenvalue weighted by Gasteiger charge is -2.09. The van der Waals surface area contributed by atoms with E-state index in [9.17, 15) is 4.39 Å². The van der Waals surface area contributed by atoms with Crippen molar-refractivity contribution in [2.75, 3.05) is 11.9 Å². The Morgan fingerprint density at radius 2 is 1.71 bits per heavy atom. The van der Waals surface area contributed by atoms with E-state index in [-0.39, 0.29) is 5.82 Å². The molecule has 0 saturated heterocycles. The van der Waals surface area contributed by atoms with Gasteiger partial charge in [0.15, 0.2) is 0 Å². The first-order valence-electron chi connectivity index (χ1n) is 7.20. The van der Waals surface area contributed by atoms with Crippen molar-refractivity contribution in [2.24, 2.45) is 0 Å². The summed E-state index contributed by atoms with van der Waals surface area (Å²) in [5.41, 5.74) is 3.31. The second-order valence-electron chi connectivity index (χ2n) is 5.31. The van der Waals surface area contributed by atoms with Gasteiger partial charge >= 0.3 is 0 Å². The van der Waals surface area contributed by atoms with Gasteiger partial charge in [-0.25, -0.2) is 4.39 Å². The van der Waals surface area contributed by atoms with E-state index in [0.29, 0.717) is 0 Å². The summed E-state index contributed by atoms with van der Waals surface area (Å²) in [4.78, 5) is 0. The molecule has 0 aromatic heterocycles. The molecule has 0 radical (unpaired) electrons. The molecule has 2 heteroatoms. The minimum absolute atomic E-state index is 0.168. The highest BCUT2D eigenvalue weighted by Gasteiger charge is 2.01. The third kappa shape index (κ3) is 3.22. The number of hydrogen-bond acceptors (Lipinski definition) is 1. The second kappa shape index (κ2) is 5.96. The Kier molecular flexibility index (Phi) is 3.87. The molecule has 21 heavy (non-hydrogen) atoms. The Hall–Kier alpha value is -2.35. The van der Waals surface area contributed by atoms with Gasteiger partial charge in [-0.3, -0.25) is 0 Å². The summed E-state index contributed by atoms with van der Waals surface area (Å²) in [6.45, 7) is 2.79. The fourth-order valence-electron chi connectivity index (χ4n) is 2.58. The van der Waals surface area contributed by atoms with Crippen molar-refractivity contribution in [3.63, 3.8) is 0 Å². The lowest BCUT2D eigenvalue weighted by molar-refractivity contribution is 0.625. The maximum Gasteiger partial charge on any atom is 0.123 e. The summed E-state index contributed by atoms with van der Waals surface area (Å²) in [7, 11) is 0. The van der Waals surface area contributed by atoms with Crippen molar-refractivity contribution < 1.29 is 4.39 Å². The van der Waals surface area contributed by atoms with Crippen LogP contribution in [-0.4, -0.2) is 6.54 Å². The lowest BCUT2D eigenvalue weighted by Crippen LogP contribution is -2.06. The molecule has 0 bridgehead atoms. The molecule has 0 aliphatic heterocycles. The van der Waals surface area contributed by atoms with Crippen molar-refractivity contribution in [1.29, 1.82) is 0 Å². The van der Waals surface area contributed by atoms with Crippen LogP contribution < -0.4 is 5.32 Å². The highest BCUT2D eigenvalue weighted by Crippen LogP contribution is 2.19. The van der Waals surface area contributed by atoms with E-state index in [1.165, 1.54) is 22.4 Å². The van der Waals surface area contributed by atoms with Crippen LogP contribution in [0, 0.1) is 12.7 Å². The summed E-state index contributed by atoms with van der Waals surface area (Å²) in [5, 5.41) is 5.92. The molecular formula is C19H18FN. The molecule has 0 aliphatic carbocycles. The minimum atomic E-state index is -0.168. The maximum atomic E-state index is 13.1. The molecule has 3 aromatic rings. The SMILES string of the molecule is Cc1cc(F)ccc1CCNc1ccc2ccccc2c1. The van der Waals surface area contributed by atoms with Gasteiger partial charge in [-0.2, -0.15) is 0 Å². The molecule has 0 heterocycles. The van der Waals surface area contributed by atoms with Gasteiger partial charge in [-0.15, -0.1) is 0 Å². The molecule has 0 unspecified atom stereocenters. The van der Waals surface area contributed by atoms with Gasteiger partial charge in [0, 0.05) is 12.2 Å². The zero-order valence-electron chi connectivity index (χ0n) is 12.1. The van der Waals surface area contributed by atoms with Crippen LogP contribution in [0.1, 0.15) is 11.1 Å². The number of rotatable bonds is 4. The number of fused-ring (bicyclic) bond motifs is 1. The summed E-state index contributed by atoms with van der Waals surface area (Å²) < 4.78 is 13.1. The summed E-state index contributed by atoms with van der Waals surface area (Å²) in [6, 6.07) is 19.7. The van der Waals surface area contributed by atoms with Crippen molar-refractivity contribution in [3.05, 3.63) is 77.6 Å². The van der Waals surface area contributed by atoms with E-state index < -0.39 is 0 Å². The van der Waals surface area contributed by atoms with Crippen molar-refractivity contribution in [1.82, 2.24) is 0 Å². The molecule has 0 amide bonds. The van der Waals surface area contributed by atoms with Crippen LogP contribution in [0.3, 0.4) is 0 Å². The molecule has 3 aromatic carbocycles. The highest BCUT2D eigenvalue weighted by molar-refractivity contribution is 5.85. The van der Waals surface area contributed by atoms with Crippen LogP contribution in [0.5, 0.6) is 0 Å². The van der Waals surface area contributed by atoms with Crippen LogP contribution in [0.25, 0.3) is 10.8 Å². The largest absolute Gasteiger partial charge is 0.385 e. The quantitative estimate of drug-likeness (QED) is 0.713. The van der Waals surface area contributed by atoms with Gasteiger partial charge < -0.3 is 5.32 Å². The zero-order valence-corrected chi connectivity index (χ0v) is 12.1. The number of benzene rings is 3. The smallest absolute Gasteiger partial charge is 0.123 e. The monoisotopic (exact) mass is 279 g/mol. The average molecular weight is 279 g/mol. The number of aryl methyl sites for hydroxylation is 1. The van der Waals surface area contributed by atoms with Crippen molar-refractivity contribution >= 4 is 16.5 Å². The normalized spacial score (nSPS) is 10.8. The average Bonchev–Trinajstić information content (AvgIpc) is 2.49. The molecule has 106 valence electrons. The molecule has 1 nitrogen and oxygen atoms in total. The van der Waals surface area contributed by atoms with Crippen LogP contribution in [0.2, 0.25) is 0 Å². The van der Waals surface area contributed by atoms with Gasteiger partial charge in [-0.1, -0.05) is 36.4 Å². The molecule has 0 saturated carbocycles. The third-order valence-corrected chi connectivity index (χ3v) is 3.78. The Balaban J connectivity index is 1.66. The summed E-state index contributed by atoms with van der Waals surface area (Å²) in [6.07, 6.45) is 0.888. The Bertz CT molecular complexity index is 764. The van der Waals surface area contributed by atoms with E-state index in [0.717, 1.165) is 24.2 Å². The topological polar surface area (TPSA) is 12.0 Å². The minimum Gasteiger partial charge on any atom is -0.385 e. The number of anilines is 1. The first kappa shape index (κ1) is 13.6. The molecule has 3 rings (SSSR count). The number of hydrogen-bond donors (Lipinski definition) is 1. The Morgan fingerprint density at radius 1 is 0.905 bits per heavy atom.